The van der Waals surface area contributed by atoms with E-state index >= 15 is 0 Å². The van der Waals surface area contributed by atoms with Crippen molar-refractivity contribution in [2.75, 3.05) is 13.7 Å². The minimum absolute atomic E-state index is 0.179. The molecule has 3 heteroatoms. The van der Waals surface area contributed by atoms with Crippen molar-refractivity contribution in [2.45, 2.75) is 32.2 Å². The molecule has 0 aliphatic heterocycles. The summed E-state index contributed by atoms with van der Waals surface area (Å²) in [6.07, 6.45) is 4.46. The van der Waals surface area contributed by atoms with Gasteiger partial charge in [-0.15, -0.1) is 0 Å². The normalized spacial score (nSPS) is 15.2. The predicted molar refractivity (Wildman–Crippen MR) is 71.2 cm³/mol. The third-order valence-electron chi connectivity index (χ3n) is 3.65. The number of hydrogen-bond acceptors (Lipinski definition) is 3. The second-order valence-corrected chi connectivity index (χ2v) is 4.95. The summed E-state index contributed by atoms with van der Waals surface area (Å²) < 4.78 is 4.72. The van der Waals surface area contributed by atoms with Crippen LogP contribution in [0.1, 0.15) is 30.4 Å². The largest absolute Gasteiger partial charge is 0.469 e. The topological polar surface area (TPSA) is 38.3 Å². The van der Waals surface area contributed by atoms with Crippen molar-refractivity contribution >= 4 is 5.97 Å². The van der Waals surface area contributed by atoms with Gasteiger partial charge in [-0.05, 0) is 36.4 Å². The molecule has 0 radical (unpaired) electrons. The van der Waals surface area contributed by atoms with Crippen LogP contribution in [0, 0.1) is 5.92 Å². The van der Waals surface area contributed by atoms with Crippen LogP contribution in [0.15, 0.2) is 24.3 Å². The van der Waals surface area contributed by atoms with E-state index in [0.717, 1.165) is 24.6 Å². The van der Waals surface area contributed by atoms with Crippen LogP contribution >= 0.6 is 0 Å². The Labute approximate surface area is 109 Å². The average molecular weight is 247 g/mol. The Hall–Kier alpha value is -1.35. The second-order valence-electron chi connectivity index (χ2n) is 4.95. The highest BCUT2D eigenvalue weighted by atomic mass is 16.5. The summed E-state index contributed by atoms with van der Waals surface area (Å²) in [7, 11) is 1.43. The molecule has 0 bridgehead atoms. The van der Waals surface area contributed by atoms with Gasteiger partial charge in [0.05, 0.1) is 13.5 Å². The summed E-state index contributed by atoms with van der Waals surface area (Å²) in [5, 5.41) is 3.48. The molecule has 1 N–H and O–H groups in total. The summed E-state index contributed by atoms with van der Waals surface area (Å²) >= 11 is 0. The lowest BCUT2D eigenvalue weighted by Crippen LogP contribution is -2.27. The first-order valence-electron chi connectivity index (χ1n) is 6.64. The van der Waals surface area contributed by atoms with Crippen LogP contribution in [-0.4, -0.2) is 19.6 Å². The van der Waals surface area contributed by atoms with Gasteiger partial charge in [-0.3, -0.25) is 4.79 Å². The molecule has 1 saturated carbocycles. The van der Waals surface area contributed by atoms with Crippen LogP contribution in [0.4, 0.5) is 0 Å². The highest BCUT2D eigenvalue weighted by Gasteiger charge is 2.16. The molecular formula is C15H21NO2. The number of carbonyl (C=O) groups excluding carboxylic acids is 1. The number of ether oxygens (including phenoxy) is 1. The van der Waals surface area contributed by atoms with Gasteiger partial charge >= 0.3 is 5.97 Å². The lowest BCUT2D eigenvalue weighted by atomic mass is 9.85. The molecule has 0 spiro atoms. The number of esters is 1. The molecule has 2 rings (SSSR count). The van der Waals surface area contributed by atoms with Crippen molar-refractivity contribution < 1.29 is 9.53 Å². The molecule has 1 fully saturated rings. The van der Waals surface area contributed by atoms with Crippen molar-refractivity contribution in [1.29, 1.82) is 0 Å². The maximum Gasteiger partial charge on any atom is 0.309 e. The maximum absolute atomic E-state index is 11.3. The Bertz CT molecular complexity index is 399. The quantitative estimate of drug-likeness (QED) is 0.784. The first kappa shape index (κ1) is 13.1. The lowest BCUT2D eigenvalue weighted by Gasteiger charge is -2.25. The highest BCUT2D eigenvalue weighted by molar-refractivity contribution is 5.72. The van der Waals surface area contributed by atoms with E-state index in [0.29, 0.717) is 6.42 Å². The van der Waals surface area contributed by atoms with Gasteiger partial charge in [0.15, 0.2) is 0 Å². The van der Waals surface area contributed by atoms with Gasteiger partial charge in [-0.1, -0.05) is 30.7 Å². The molecule has 0 amide bonds. The Kier molecular flexibility index (Phi) is 4.76. The third kappa shape index (κ3) is 3.57. The molecule has 0 aromatic heterocycles. The summed E-state index contributed by atoms with van der Waals surface area (Å²) in [4.78, 5) is 11.3. The Morgan fingerprint density at radius 2 is 2.06 bits per heavy atom. The SMILES string of the molecule is COC(=O)Cc1ccccc1CNCC1CCC1. The Morgan fingerprint density at radius 1 is 1.33 bits per heavy atom. The van der Waals surface area contributed by atoms with E-state index in [1.54, 1.807) is 0 Å². The van der Waals surface area contributed by atoms with E-state index < -0.39 is 0 Å². The highest BCUT2D eigenvalue weighted by Crippen LogP contribution is 2.25. The summed E-state index contributed by atoms with van der Waals surface area (Å²) in [6.45, 7) is 1.93. The van der Waals surface area contributed by atoms with Crippen molar-refractivity contribution in [3.63, 3.8) is 0 Å². The fraction of sp³-hybridized carbons (Fsp3) is 0.533. The monoisotopic (exact) mass is 247 g/mol. The molecule has 1 aromatic carbocycles. The fourth-order valence-corrected chi connectivity index (χ4v) is 2.24. The zero-order valence-electron chi connectivity index (χ0n) is 10.9. The van der Waals surface area contributed by atoms with E-state index in [1.165, 1.54) is 31.9 Å². The molecule has 0 atom stereocenters. The first-order valence-corrected chi connectivity index (χ1v) is 6.64. The molecule has 3 nitrogen and oxygen atoms in total. The number of rotatable bonds is 6. The van der Waals surface area contributed by atoms with E-state index in [4.69, 9.17) is 4.74 Å². The van der Waals surface area contributed by atoms with Gasteiger partial charge in [0.1, 0.15) is 0 Å². The van der Waals surface area contributed by atoms with E-state index in [9.17, 15) is 4.79 Å². The lowest BCUT2D eigenvalue weighted by molar-refractivity contribution is -0.139. The minimum Gasteiger partial charge on any atom is -0.469 e. The first-order chi connectivity index (χ1) is 8.79. The predicted octanol–water partition coefficient (Wildman–Crippen LogP) is 2.29. The van der Waals surface area contributed by atoms with Crippen LogP contribution in [0.2, 0.25) is 0 Å². The van der Waals surface area contributed by atoms with E-state index in [1.807, 2.05) is 18.2 Å². The smallest absolute Gasteiger partial charge is 0.309 e. The number of nitrogens with one attached hydrogen (secondary N) is 1. The number of carbonyl (C=O) groups is 1. The Balaban J connectivity index is 1.87. The molecule has 0 unspecified atom stereocenters. The second kappa shape index (κ2) is 6.55. The van der Waals surface area contributed by atoms with E-state index in [2.05, 4.69) is 11.4 Å². The van der Waals surface area contributed by atoms with Crippen LogP contribution in [0.3, 0.4) is 0 Å². The number of methoxy groups -OCH3 is 1. The van der Waals surface area contributed by atoms with Crippen molar-refractivity contribution in [1.82, 2.24) is 5.32 Å². The van der Waals surface area contributed by atoms with Gasteiger partial charge in [0.2, 0.25) is 0 Å². The van der Waals surface area contributed by atoms with Gasteiger partial charge in [-0.25, -0.2) is 0 Å². The number of hydrogen-bond donors (Lipinski definition) is 1. The summed E-state index contributed by atoms with van der Waals surface area (Å²) in [5.74, 6) is 0.680. The Morgan fingerprint density at radius 3 is 2.67 bits per heavy atom. The van der Waals surface area contributed by atoms with Crippen LogP contribution in [0.5, 0.6) is 0 Å². The van der Waals surface area contributed by atoms with Gasteiger partial charge in [0, 0.05) is 6.54 Å². The zero-order valence-corrected chi connectivity index (χ0v) is 10.9. The van der Waals surface area contributed by atoms with Crippen LogP contribution in [-0.2, 0) is 22.5 Å². The van der Waals surface area contributed by atoms with Crippen molar-refractivity contribution in [3.8, 4) is 0 Å². The van der Waals surface area contributed by atoms with Crippen LogP contribution < -0.4 is 5.32 Å². The summed E-state index contributed by atoms with van der Waals surface area (Å²) in [6, 6.07) is 8.05. The minimum atomic E-state index is -0.179. The van der Waals surface area contributed by atoms with E-state index in [-0.39, 0.29) is 5.97 Å². The number of benzene rings is 1. The molecule has 18 heavy (non-hydrogen) atoms. The zero-order chi connectivity index (χ0) is 12.8. The third-order valence-corrected chi connectivity index (χ3v) is 3.65. The molecule has 1 aliphatic rings. The van der Waals surface area contributed by atoms with Gasteiger partial charge < -0.3 is 10.1 Å². The maximum atomic E-state index is 11.3. The van der Waals surface area contributed by atoms with Gasteiger partial charge in [-0.2, -0.15) is 0 Å². The van der Waals surface area contributed by atoms with Crippen molar-refractivity contribution in [3.05, 3.63) is 35.4 Å². The molecule has 98 valence electrons. The molecular weight excluding hydrogens is 226 g/mol. The summed E-state index contributed by atoms with van der Waals surface area (Å²) in [5.41, 5.74) is 2.26. The molecule has 1 aliphatic carbocycles. The van der Waals surface area contributed by atoms with Crippen LogP contribution in [0.25, 0.3) is 0 Å². The molecule has 0 heterocycles. The molecule has 1 aromatic rings. The van der Waals surface area contributed by atoms with Crippen molar-refractivity contribution in [2.24, 2.45) is 5.92 Å². The fourth-order valence-electron chi connectivity index (χ4n) is 2.24. The average Bonchev–Trinajstić information content (AvgIpc) is 2.34. The molecule has 0 saturated heterocycles. The van der Waals surface area contributed by atoms with Gasteiger partial charge in [0.25, 0.3) is 0 Å². The standard InChI is InChI=1S/C15H21NO2/c1-18-15(17)9-13-7-2-3-8-14(13)11-16-10-12-5-4-6-12/h2-3,7-8,12,16H,4-6,9-11H2,1H3.